The van der Waals surface area contributed by atoms with Gasteiger partial charge in [-0.1, -0.05) is 5.92 Å². The van der Waals surface area contributed by atoms with Gasteiger partial charge in [0.25, 0.3) is 0 Å². The van der Waals surface area contributed by atoms with Crippen molar-refractivity contribution >= 4 is 0 Å². The normalized spacial score (nSPS) is 26.7. The van der Waals surface area contributed by atoms with Crippen molar-refractivity contribution in [2.45, 2.75) is 18.4 Å². The second kappa shape index (κ2) is 2.36. The predicted molar refractivity (Wildman–Crippen MR) is 44.4 cm³/mol. The Bertz CT molecular complexity index is 337. The Labute approximate surface area is 71.0 Å². The van der Waals surface area contributed by atoms with Gasteiger partial charge in [0, 0.05) is 18.9 Å². The molecule has 0 bridgehead atoms. The van der Waals surface area contributed by atoms with Crippen molar-refractivity contribution in [2.75, 3.05) is 6.61 Å². The van der Waals surface area contributed by atoms with E-state index in [1.807, 2.05) is 10.8 Å². The molecule has 0 spiro atoms. The first-order valence-electron chi connectivity index (χ1n) is 3.93. The number of terminal acetylenes is 1. The van der Waals surface area contributed by atoms with Crippen LogP contribution < -0.4 is 0 Å². The van der Waals surface area contributed by atoms with Crippen LogP contribution in [0.3, 0.4) is 0 Å². The van der Waals surface area contributed by atoms with E-state index in [2.05, 4.69) is 10.9 Å². The molecule has 2 heterocycles. The van der Waals surface area contributed by atoms with Crippen molar-refractivity contribution in [2.24, 2.45) is 0 Å². The number of hydrogen-bond acceptors (Lipinski definition) is 2. The molecule has 2 rings (SSSR count). The predicted octanol–water partition coefficient (Wildman–Crippen LogP) is 0.150. The minimum Gasteiger partial charge on any atom is -0.394 e. The Balaban J connectivity index is 2.51. The molecule has 12 heavy (non-hydrogen) atoms. The zero-order valence-electron chi connectivity index (χ0n) is 6.70. The number of rotatable bonds is 1. The summed E-state index contributed by atoms with van der Waals surface area (Å²) in [6.45, 7) is 0.848. The molecule has 1 N–H and O–H groups in total. The molecule has 0 saturated heterocycles. The first-order valence-corrected chi connectivity index (χ1v) is 3.93. The molecule has 1 aliphatic heterocycles. The third-order valence-corrected chi connectivity index (χ3v) is 2.47. The van der Waals surface area contributed by atoms with Gasteiger partial charge in [0.1, 0.15) is 11.2 Å². The maximum Gasteiger partial charge on any atom is 0.129 e. The Morgan fingerprint density at radius 1 is 1.83 bits per heavy atom. The standard InChI is InChI=1S/C9H10N2O/c1-2-9(7-12)3-5-11-6-4-10-8(9)11/h1,4,6,12H,3,5,7H2/t9-/m1/s1. The Kier molecular flexibility index (Phi) is 1.45. The van der Waals surface area contributed by atoms with Crippen molar-refractivity contribution in [3.05, 3.63) is 18.2 Å². The van der Waals surface area contributed by atoms with Crippen molar-refractivity contribution in [3.63, 3.8) is 0 Å². The van der Waals surface area contributed by atoms with Crippen LogP contribution in [0.5, 0.6) is 0 Å². The molecule has 0 unspecified atom stereocenters. The average Bonchev–Trinajstić information content (AvgIpc) is 2.64. The van der Waals surface area contributed by atoms with E-state index < -0.39 is 5.41 Å². The van der Waals surface area contributed by atoms with Gasteiger partial charge in [0.15, 0.2) is 0 Å². The van der Waals surface area contributed by atoms with E-state index in [-0.39, 0.29) is 6.61 Å². The highest BCUT2D eigenvalue weighted by Crippen LogP contribution is 2.32. The molecule has 0 fully saturated rings. The second-order valence-corrected chi connectivity index (χ2v) is 3.08. The largest absolute Gasteiger partial charge is 0.394 e. The molecule has 0 aliphatic carbocycles. The molecule has 62 valence electrons. The first kappa shape index (κ1) is 7.38. The minimum absolute atomic E-state index is 0.0134. The van der Waals surface area contributed by atoms with E-state index in [0.29, 0.717) is 0 Å². The van der Waals surface area contributed by atoms with Gasteiger partial charge < -0.3 is 9.67 Å². The van der Waals surface area contributed by atoms with Crippen LogP contribution in [-0.2, 0) is 12.0 Å². The highest BCUT2D eigenvalue weighted by atomic mass is 16.3. The molecule has 0 radical (unpaired) electrons. The van der Waals surface area contributed by atoms with Crippen molar-refractivity contribution in [1.82, 2.24) is 9.55 Å². The number of aryl methyl sites for hydroxylation is 1. The summed E-state index contributed by atoms with van der Waals surface area (Å²) in [5.74, 6) is 3.46. The SMILES string of the molecule is C#C[C@]1(CO)CCn2ccnc21. The van der Waals surface area contributed by atoms with Crippen molar-refractivity contribution < 1.29 is 5.11 Å². The van der Waals surface area contributed by atoms with Gasteiger partial charge in [-0.25, -0.2) is 4.98 Å². The molecular weight excluding hydrogens is 152 g/mol. The van der Waals surface area contributed by atoms with Crippen molar-refractivity contribution in [3.8, 4) is 12.3 Å². The summed E-state index contributed by atoms with van der Waals surface area (Å²) in [5, 5.41) is 9.19. The number of imidazole rings is 1. The van der Waals surface area contributed by atoms with Gasteiger partial charge >= 0.3 is 0 Å². The number of aromatic nitrogens is 2. The lowest BCUT2D eigenvalue weighted by molar-refractivity contribution is 0.228. The lowest BCUT2D eigenvalue weighted by Crippen LogP contribution is -2.26. The molecule has 1 aliphatic rings. The monoisotopic (exact) mass is 162 g/mol. The van der Waals surface area contributed by atoms with Crippen LogP contribution in [-0.4, -0.2) is 21.3 Å². The van der Waals surface area contributed by atoms with Crippen LogP contribution >= 0.6 is 0 Å². The molecule has 1 aromatic heterocycles. The minimum atomic E-state index is -0.524. The number of nitrogens with zero attached hydrogens (tertiary/aromatic N) is 2. The Hall–Kier alpha value is -1.27. The number of hydrogen-bond donors (Lipinski definition) is 1. The van der Waals surface area contributed by atoms with Crippen LogP contribution in [0.1, 0.15) is 12.2 Å². The summed E-state index contributed by atoms with van der Waals surface area (Å²) in [4.78, 5) is 4.15. The van der Waals surface area contributed by atoms with Crippen LogP contribution in [0.2, 0.25) is 0 Å². The van der Waals surface area contributed by atoms with E-state index in [9.17, 15) is 5.11 Å². The maximum atomic E-state index is 9.19. The summed E-state index contributed by atoms with van der Waals surface area (Å²) in [6, 6.07) is 0. The van der Waals surface area contributed by atoms with Crippen LogP contribution in [0.25, 0.3) is 0 Å². The zero-order chi connectivity index (χ0) is 8.60. The van der Waals surface area contributed by atoms with E-state index in [1.54, 1.807) is 6.20 Å². The third kappa shape index (κ3) is 0.730. The van der Waals surface area contributed by atoms with Gasteiger partial charge in [-0.15, -0.1) is 6.42 Å². The van der Waals surface area contributed by atoms with Gasteiger partial charge in [-0.3, -0.25) is 0 Å². The number of fused-ring (bicyclic) bond motifs is 1. The Morgan fingerprint density at radius 3 is 3.33 bits per heavy atom. The quantitative estimate of drug-likeness (QED) is 0.597. The molecule has 0 saturated carbocycles. The van der Waals surface area contributed by atoms with Gasteiger partial charge in [0.05, 0.1) is 6.61 Å². The van der Waals surface area contributed by atoms with E-state index in [4.69, 9.17) is 6.42 Å². The van der Waals surface area contributed by atoms with Gasteiger partial charge in [-0.2, -0.15) is 0 Å². The molecular formula is C9H10N2O. The molecule has 1 atom stereocenters. The average molecular weight is 162 g/mol. The van der Waals surface area contributed by atoms with Crippen LogP contribution in [0, 0.1) is 12.3 Å². The topological polar surface area (TPSA) is 38.0 Å². The summed E-state index contributed by atoms with van der Waals surface area (Å²) < 4.78 is 2.00. The van der Waals surface area contributed by atoms with E-state index in [1.165, 1.54) is 0 Å². The second-order valence-electron chi connectivity index (χ2n) is 3.08. The maximum absolute atomic E-state index is 9.19. The Morgan fingerprint density at radius 2 is 2.67 bits per heavy atom. The fraction of sp³-hybridized carbons (Fsp3) is 0.444. The zero-order valence-corrected chi connectivity index (χ0v) is 6.70. The van der Waals surface area contributed by atoms with Gasteiger partial charge in [-0.05, 0) is 6.42 Å². The number of aliphatic hydroxyl groups excluding tert-OH is 1. The molecule has 1 aromatic rings. The molecule has 3 nitrogen and oxygen atoms in total. The summed E-state index contributed by atoms with van der Waals surface area (Å²) in [7, 11) is 0. The van der Waals surface area contributed by atoms with E-state index >= 15 is 0 Å². The van der Waals surface area contributed by atoms with E-state index in [0.717, 1.165) is 18.8 Å². The third-order valence-electron chi connectivity index (χ3n) is 2.47. The van der Waals surface area contributed by atoms with Crippen LogP contribution in [0.15, 0.2) is 12.4 Å². The highest BCUT2D eigenvalue weighted by Gasteiger charge is 2.38. The summed E-state index contributed by atoms with van der Waals surface area (Å²) in [5.41, 5.74) is -0.524. The highest BCUT2D eigenvalue weighted by molar-refractivity contribution is 5.28. The number of aliphatic hydroxyl groups is 1. The lowest BCUT2D eigenvalue weighted by atomic mass is 9.88. The molecule has 0 amide bonds. The van der Waals surface area contributed by atoms with Gasteiger partial charge in [0.2, 0.25) is 0 Å². The molecule has 3 heteroatoms. The smallest absolute Gasteiger partial charge is 0.129 e. The summed E-state index contributed by atoms with van der Waals surface area (Å²) in [6.07, 6.45) is 9.80. The fourth-order valence-corrected chi connectivity index (χ4v) is 1.66. The molecule has 0 aromatic carbocycles. The first-order chi connectivity index (χ1) is 5.82. The summed E-state index contributed by atoms with van der Waals surface area (Å²) >= 11 is 0. The van der Waals surface area contributed by atoms with Crippen LogP contribution in [0.4, 0.5) is 0 Å². The fourth-order valence-electron chi connectivity index (χ4n) is 1.66. The lowest BCUT2D eigenvalue weighted by Gasteiger charge is -2.16. The van der Waals surface area contributed by atoms with Crippen molar-refractivity contribution in [1.29, 1.82) is 0 Å².